The summed E-state index contributed by atoms with van der Waals surface area (Å²) in [4.78, 5) is 27.2. The minimum Gasteiger partial charge on any atom is -0.461 e. The lowest BCUT2D eigenvalue weighted by Gasteiger charge is -2.04. The molecule has 4 nitrogen and oxygen atoms in total. The number of pyridine rings is 1. The van der Waals surface area contributed by atoms with Gasteiger partial charge in [-0.2, -0.15) is 0 Å². The molecule has 0 spiro atoms. The van der Waals surface area contributed by atoms with E-state index in [1.54, 1.807) is 18.5 Å². The highest BCUT2D eigenvalue weighted by Gasteiger charge is 2.08. The van der Waals surface area contributed by atoms with Gasteiger partial charge in [0.15, 0.2) is 0 Å². The summed E-state index contributed by atoms with van der Waals surface area (Å²) in [6.45, 7) is 2.41. The van der Waals surface area contributed by atoms with Gasteiger partial charge in [-0.3, -0.25) is 14.6 Å². The second-order valence-electron chi connectivity index (χ2n) is 5.58. The number of aromatic nitrogens is 1. The normalized spacial score (nSPS) is 10.4. The van der Waals surface area contributed by atoms with Gasteiger partial charge in [-0.05, 0) is 12.5 Å². The lowest BCUT2D eigenvalue weighted by Crippen LogP contribution is -2.08. The molecular weight excluding hydrogens is 278 g/mol. The quantitative estimate of drug-likeness (QED) is 0.428. The van der Waals surface area contributed by atoms with Gasteiger partial charge in [0.25, 0.3) is 0 Å². The van der Waals surface area contributed by atoms with Crippen LogP contribution < -0.4 is 0 Å². The van der Waals surface area contributed by atoms with E-state index in [0.717, 1.165) is 18.4 Å². The summed E-state index contributed by atoms with van der Waals surface area (Å²) < 4.78 is 5.12. The molecule has 0 N–H and O–H groups in total. The van der Waals surface area contributed by atoms with Gasteiger partial charge in [-0.1, -0.05) is 45.1 Å². The number of nitrogens with zero attached hydrogens (tertiary/aromatic N) is 1. The van der Waals surface area contributed by atoms with Crippen molar-refractivity contribution in [3.8, 4) is 0 Å². The van der Waals surface area contributed by atoms with Gasteiger partial charge in [-0.25, -0.2) is 0 Å². The Morgan fingerprint density at radius 3 is 2.55 bits per heavy atom. The molecule has 1 rings (SSSR count). The number of hydrogen-bond donors (Lipinski definition) is 0. The third-order valence-corrected chi connectivity index (χ3v) is 3.54. The third kappa shape index (κ3) is 9.27. The smallest absolute Gasteiger partial charge is 0.306 e. The summed E-state index contributed by atoms with van der Waals surface area (Å²) in [5, 5.41) is 0. The van der Waals surface area contributed by atoms with E-state index in [-0.39, 0.29) is 24.8 Å². The molecule has 0 atom stereocenters. The summed E-state index contributed by atoms with van der Waals surface area (Å²) in [6.07, 6.45) is 11.4. The van der Waals surface area contributed by atoms with Crippen LogP contribution in [0.5, 0.6) is 0 Å². The molecule has 1 aromatic heterocycles. The molecule has 0 aliphatic carbocycles. The van der Waals surface area contributed by atoms with E-state index < -0.39 is 0 Å². The first-order chi connectivity index (χ1) is 10.7. The van der Waals surface area contributed by atoms with Crippen LogP contribution in [0.4, 0.5) is 0 Å². The zero-order valence-corrected chi connectivity index (χ0v) is 13.6. The average molecular weight is 305 g/mol. The summed E-state index contributed by atoms with van der Waals surface area (Å²) in [7, 11) is 0. The number of carbonyl (C=O) groups excluding carboxylic acids is 2. The maximum absolute atomic E-state index is 11.7. The molecule has 0 saturated carbocycles. The summed E-state index contributed by atoms with van der Waals surface area (Å²) in [5.74, 6) is -0.158. The van der Waals surface area contributed by atoms with Crippen LogP contribution in [-0.4, -0.2) is 16.7 Å². The van der Waals surface area contributed by atoms with Crippen molar-refractivity contribution in [3.63, 3.8) is 0 Å². The van der Waals surface area contributed by atoms with E-state index in [9.17, 15) is 9.59 Å². The number of esters is 1. The largest absolute Gasteiger partial charge is 0.461 e. The van der Waals surface area contributed by atoms with Gasteiger partial charge in [-0.15, -0.1) is 0 Å². The van der Waals surface area contributed by atoms with Crippen LogP contribution in [0.2, 0.25) is 0 Å². The number of carbonyl (C=O) groups is 2. The Balaban J connectivity index is 2.02. The molecule has 1 heterocycles. The molecule has 0 aliphatic rings. The Labute approximate surface area is 133 Å². The molecule has 0 radical (unpaired) electrons. The number of unbranched alkanes of at least 4 members (excludes halogenated alkanes) is 5. The zero-order valence-electron chi connectivity index (χ0n) is 13.6. The second kappa shape index (κ2) is 11.9. The maximum Gasteiger partial charge on any atom is 0.306 e. The average Bonchev–Trinajstić information content (AvgIpc) is 2.55. The number of Topliss-reactive ketones (excluding diaryl/α,β-unsaturated/α-hetero) is 1. The highest BCUT2D eigenvalue weighted by Crippen LogP contribution is 2.09. The molecule has 0 aliphatic heterocycles. The van der Waals surface area contributed by atoms with Crippen molar-refractivity contribution in [1.82, 2.24) is 4.98 Å². The SMILES string of the molecule is CCCCCCCCC(=O)CCC(=O)OCc1cccnc1. The van der Waals surface area contributed by atoms with E-state index >= 15 is 0 Å². The van der Waals surface area contributed by atoms with Crippen molar-refractivity contribution in [2.24, 2.45) is 0 Å². The monoisotopic (exact) mass is 305 g/mol. The zero-order chi connectivity index (χ0) is 16.0. The number of ether oxygens (including phenoxy) is 1. The van der Waals surface area contributed by atoms with Gasteiger partial charge < -0.3 is 4.74 Å². The van der Waals surface area contributed by atoms with Gasteiger partial charge in [0.1, 0.15) is 12.4 Å². The lowest BCUT2D eigenvalue weighted by atomic mass is 10.1. The fourth-order valence-electron chi connectivity index (χ4n) is 2.19. The third-order valence-electron chi connectivity index (χ3n) is 3.54. The molecule has 1 aromatic rings. The van der Waals surface area contributed by atoms with Crippen molar-refractivity contribution in [2.75, 3.05) is 0 Å². The minimum absolute atomic E-state index is 0.161. The molecular formula is C18H27NO3. The Morgan fingerprint density at radius 1 is 1.05 bits per heavy atom. The number of hydrogen-bond acceptors (Lipinski definition) is 4. The van der Waals surface area contributed by atoms with Crippen LogP contribution in [0.1, 0.15) is 70.3 Å². The van der Waals surface area contributed by atoms with Crippen molar-refractivity contribution < 1.29 is 14.3 Å². The van der Waals surface area contributed by atoms with E-state index in [4.69, 9.17) is 4.74 Å². The number of rotatable bonds is 12. The van der Waals surface area contributed by atoms with E-state index in [1.807, 2.05) is 6.07 Å². The van der Waals surface area contributed by atoms with Gasteiger partial charge in [0.2, 0.25) is 0 Å². The van der Waals surface area contributed by atoms with Crippen LogP contribution in [-0.2, 0) is 20.9 Å². The fourth-order valence-corrected chi connectivity index (χ4v) is 2.19. The first-order valence-corrected chi connectivity index (χ1v) is 8.28. The second-order valence-corrected chi connectivity index (χ2v) is 5.58. The van der Waals surface area contributed by atoms with Crippen LogP contribution in [0.15, 0.2) is 24.5 Å². The Hall–Kier alpha value is -1.71. The predicted octanol–water partition coefficient (Wildman–Crippen LogP) is 4.22. The first-order valence-electron chi connectivity index (χ1n) is 8.28. The molecule has 0 amide bonds. The van der Waals surface area contributed by atoms with Gasteiger partial charge in [0.05, 0.1) is 6.42 Å². The molecule has 0 aromatic carbocycles. The summed E-state index contributed by atoms with van der Waals surface area (Å²) >= 11 is 0. The predicted molar refractivity (Wildman–Crippen MR) is 86.3 cm³/mol. The maximum atomic E-state index is 11.7. The van der Waals surface area contributed by atoms with Crippen molar-refractivity contribution >= 4 is 11.8 Å². The van der Waals surface area contributed by atoms with Crippen molar-refractivity contribution in [2.45, 2.75) is 71.3 Å². The summed E-state index contributed by atoms with van der Waals surface area (Å²) in [6, 6.07) is 3.65. The first kappa shape index (κ1) is 18.3. The summed E-state index contributed by atoms with van der Waals surface area (Å²) in [5.41, 5.74) is 0.856. The van der Waals surface area contributed by atoms with E-state index in [2.05, 4.69) is 11.9 Å². The lowest BCUT2D eigenvalue weighted by molar-refractivity contribution is -0.146. The van der Waals surface area contributed by atoms with E-state index in [1.165, 1.54) is 25.7 Å². The van der Waals surface area contributed by atoms with Crippen LogP contribution in [0, 0.1) is 0 Å². The molecule has 0 bridgehead atoms. The Morgan fingerprint density at radius 2 is 1.82 bits per heavy atom. The van der Waals surface area contributed by atoms with Gasteiger partial charge >= 0.3 is 5.97 Å². The van der Waals surface area contributed by atoms with Crippen LogP contribution in [0.25, 0.3) is 0 Å². The van der Waals surface area contributed by atoms with Crippen LogP contribution >= 0.6 is 0 Å². The fraction of sp³-hybridized carbons (Fsp3) is 0.611. The molecule has 4 heteroatoms. The topological polar surface area (TPSA) is 56.3 Å². The van der Waals surface area contributed by atoms with E-state index in [0.29, 0.717) is 12.8 Å². The van der Waals surface area contributed by atoms with Crippen molar-refractivity contribution in [3.05, 3.63) is 30.1 Å². The highest BCUT2D eigenvalue weighted by molar-refractivity contribution is 5.82. The molecule has 122 valence electrons. The van der Waals surface area contributed by atoms with Crippen molar-refractivity contribution in [1.29, 1.82) is 0 Å². The van der Waals surface area contributed by atoms with Gasteiger partial charge in [0, 0.05) is 30.8 Å². The van der Waals surface area contributed by atoms with Crippen LogP contribution in [0.3, 0.4) is 0 Å². The standard InChI is InChI=1S/C18H27NO3/c1-2-3-4-5-6-7-10-17(20)11-12-18(21)22-15-16-9-8-13-19-14-16/h8-9,13-14H,2-7,10-12,15H2,1H3. The minimum atomic E-state index is -0.319. The highest BCUT2D eigenvalue weighted by atomic mass is 16.5. The Kier molecular flexibility index (Phi) is 9.92. The number of ketones is 1. The molecule has 22 heavy (non-hydrogen) atoms. The Bertz CT molecular complexity index is 431. The molecule has 0 fully saturated rings. The molecule has 0 saturated heterocycles. The molecule has 0 unspecified atom stereocenters.